The van der Waals surface area contributed by atoms with Crippen molar-refractivity contribution in [1.29, 1.82) is 0 Å². The number of nitrogens with zero attached hydrogens (tertiary/aromatic N) is 5. The van der Waals surface area contributed by atoms with Gasteiger partial charge in [0.1, 0.15) is 12.4 Å². The Kier molecular flexibility index (Phi) is 5.99. The van der Waals surface area contributed by atoms with E-state index < -0.39 is 0 Å². The fourth-order valence-corrected chi connectivity index (χ4v) is 4.21. The van der Waals surface area contributed by atoms with E-state index in [2.05, 4.69) is 32.6 Å². The van der Waals surface area contributed by atoms with Gasteiger partial charge < -0.3 is 4.74 Å². The Hall–Kier alpha value is -2.41. The highest BCUT2D eigenvalue weighted by atomic mass is 32.2. The first-order valence-electron chi connectivity index (χ1n) is 9.41. The third-order valence-electron chi connectivity index (χ3n) is 4.79. The minimum Gasteiger partial charge on any atom is -0.487 e. The molecule has 0 aliphatic heterocycles. The first-order valence-corrected chi connectivity index (χ1v) is 10.4. The van der Waals surface area contributed by atoms with Gasteiger partial charge in [-0.15, -0.1) is 5.10 Å². The molecule has 1 aliphatic carbocycles. The molecule has 7 heteroatoms. The molecule has 0 N–H and O–H groups in total. The summed E-state index contributed by atoms with van der Waals surface area (Å²) in [6.45, 7) is 0.477. The summed E-state index contributed by atoms with van der Waals surface area (Å²) < 4.78 is 7.81. The number of benzene rings is 1. The van der Waals surface area contributed by atoms with E-state index in [1.165, 1.54) is 37.7 Å². The van der Waals surface area contributed by atoms with Gasteiger partial charge in [-0.05, 0) is 53.1 Å². The summed E-state index contributed by atoms with van der Waals surface area (Å²) in [7, 11) is 0. The first kappa shape index (κ1) is 18.0. The first-order chi connectivity index (χ1) is 13.4. The van der Waals surface area contributed by atoms with Crippen molar-refractivity contribution in [2.75, 3.05) is 0 Å². The number of pyridine rings is 1. The molecule has 1 fully saturated rings. The van der Waals surface area contributed by atoms with Crippen LogP contribution in [0.25, 0.3) is 0 Å². The van der Waals surface area contributed by atoms with Gasteiger partial charge in [0.05, 0.1) is 11.7 Å². The van der Waals surface area contributed by atoms with Crippen LogP contribution in [-0.2, 0) is 12.4 Å². The van der Waals surface area contributed by atoms with E-state index in [0.29, 0.717) is 12.6 Å². The van der Waals surface area contributed by atoms with Crippen molar-refractivity contribution < 1.29 is 4.74 Å². The Morgan fingerprint density at radius 1 is 1.04 bits per heavy atom. The molecular weight excluding hydrogens is 358 g/mol. The molecule has 0 atom stereocenters. The van der Waals surface area contributed by atoms with E-state index in [4.69, 9.17) is 4.74 Å². The van der Waals surface area contributed by atoms with Gasteiger partial charge in [-0.2, -0.15) is 0 Å². The predicted octanol–water partition coefficient (Wildman–Crippen LogP) is 4.44. The van der Waals surface area contributed by atoms with Crippen LogP contribution in [0.15, 0.2) is 53.8 Å². The third kappa shape index (κ3) is 4.86. The van der Waals surface area contributed by atoms with Crippen LogP contribution in [0.3, 0.4) is 0 Å². The summed E-state index contributed by atoms with van der Waals surface area (Å²) in [4.78, 5) is 4.27. The fraction of sp³-hybridized carbons (Fsp3) is 0.400. The number of ether oxygens (including phenoxy) is 1. The molecular formula is C20H23N5OS. The summed E-state index contributed by atoms with van der Waals surface area (Å²) in [5.41, 5.74) is 2.15. The number of tetrazole rings is 1. The van der Waals surface area contributed by atoms with Crippen LogP contribution in [0, 0.1) is 0 Å². The van der Waals surface area contributed by atoms with Gasteiger partial charge in [0.2, 0.25) is 5.16 Å². The van der Waals surface area contributed by atoms with Gasteiger partial charge in [0.25, 0.3) is 0 Å². The molecule has 1 saturated carbocycles. The maximum absolute atomic E-state index is 5.79. The lowest BCUT2D eigenvalue weighted by molar-refractivity contribution is 0.301. The van der Waals surface area contributed by atoms with Crippen LogP contribution < -0.4 is 4.74 Å². The quantitative estimate of drug-likeness (QED) is 0.564. The van der Waals surface area contributed by atoms with Crippen molar-refractivity contribution in [3.05, 3.63) is 59.9 Å². The maximum atomic E-state index is 5.79. The summed E-state index contributed by atoms with van der Waals surface area (Å²) >= 11 is 1.69. The van der Waals surface area contributed by atoms with Crippen LogP contribution in [0.4, 0.5) is 0 Å². The number of hydrogen-bond acceptors (Lipinski definition) is 6. The smallest absolute Gasteiger partial charge is 0.209 e. The Morgan fingerprint density at radius 2 is 1.89 bits per heavy atom. The van der Waals surface area contributed by atoms with E-state index >= 15 is 0 Å². The number of hydrogen-bond donors (Lipinski definition) is 0. The Labute approximate surface area is 163 Å². The normalized spacial score (nSPS) is 15.0. The molecule has 0 unspecified atom stereocenters. The Bertz CT molecular complexity index is 831. The average molecular weight is 382 g/mol. The lowest BCUT2D eigenvalue weighted by Gasteiger charge is -2.21. The van der Waals surface area contributed by atoms with Gasteiger partial charge in [0.15, 0.2) is 0 Å². The van der Waals surface area contributed by atoms with Crippen molar-refractivity contribution >= 4 is 11.8 Å². The molecule has 4 rings (SSSR count). The summed E-state index contributed by atoms with van der Waals surface area (Å²) in [6.07, 6.45) is 8.01. The van der Waals surface area contributed by atoms with E-state index in [1.807, 2.05) is 35.0 Å². The molecule has 0 radical (unpaired) electrons. The second-order valence-corrected chi connectivity index (χ2v) is 7.68. The van der Waals surface area contributed by atoms with Crippen molar-refractivity contribution in [2.45, 2.75) is 55.7 Å². The monoisotopic (exact) mass is 381 g/mol. The topological polar surface area (TPSA) is 65.7 Å². The van der Waals surface area contributed by atoms with E-state index in [9.17, 15) is 0 Å². The number of thioether (sulfide) groups is 1. The number of aromatic nitrogens is 5. The van der Waals surface area contributed by atoms with Gasteiger partial charge in [-0.3, -0.25) is 4.98 Å². The van der Waals surface area contributed by atoms with Crippen molar-refractivity contribution in [3.63, 3.8) is 0 Å². The van der Waals surface area contributed by atoms with Crippen molar-refractivity contribution in [2.24, 2.45) is 0 Å². The average Bonchev–Trinajstić information content (AvgIpc) is 3.21. The van der Waals surface area contributed by atoms with Gasteiger partial charge in [-0.1, -0.05) is 49.2 Å². The summed E-state index contributed by atoms with van der Waals surface area (Å²) in [6, 6.07) is 14.5. The minimum absolute atomic E-state index is 0.457. The zero-order valence-electron chi connectivity index (χ0n) is 15.2. The van der Waals surface area contributed by atoms with Gasteiger partial charge >= 0.3 is 0 Å². The molecule has 2 aromatic heterocycles. The second kappa shape index (κ2) is 8.99. The van der Waals surface area contributed by atoms with Crippen LogP contribution in [0.1, 0.15) is 49.4 Å². The summed E-state index contributed by atoms with van der Waals surface area (Å²) in [5.74, 6) is 1.69. The van der Waals surface area contributed by atoms with Crippen LogP contribution in [0.5, 0.6) is 5.75 Å². The Morgan fingerprint density at radius 3 is 2.67 bits per heavy atom. The highest BCUT2D eigenvalue weighted by molar-refractivity contribution is 7.98. The van der Waals surface area contributed by atoms with E-state index in [-0.39, 0.29) is 0 Å². The van der Waals surface area contributed by atoms with Gasteiger partial charge in [-0.25, -0.2) is 4.68 Å². The standard InChI is InChI=1S/C20H23N5OS/c1-2-7-18(8-3-1)25-20(22-23-24-25)27-15-16-9-11-19(12-10-16)26-14-17-6-4-5-13-21-17/h4-6,9-13,18H,1-3,7-8,14-15H2. The molecule has 3 aromatic rings. The van der Waals surface area contributed by atoms with Crippen LogP contribution in [-0.4, -0.2) is 25.2 Å². The van der Waals surface area contributed by atoms with Crippen molar-refractivity contribution in [1.82, 2.24) is 25.2 Å². The van der Waals surface area contributed by atoms with Gasteiger partial charge in [0, 0.05) is 11.9 Å². The molecule has 6 nitrogen and oxygen atoms in total. The highest BCUT2D eigenvalue weighted by Gasteiger charge is 2.20. The van der Waals surface area contributed by atoms with E-state index in [0.717, 1.165) is 22.4 Å². The molecule has 2 heterocycles. The van der Waals surface area contributed by atoms with E-state index in [1.54, 1.807) is 18.0 Å². The minimum atomic E-state index is 0.457. The SMILES string of the molecule is c1ccc(COc2ccc(CSc3nnnn3C3CCCCC3)cc2)nc1. The third-order valence-corrected chi connectivity index (χ3v) is 5.79. The zero-order chi connectivity index (χ0) is 18.3. The van der Waals surface area contributed by atoms with Crippen molar-refractivity contribution in [3.8, 4) is 5.75 Å². The largest absolute Gasteiger partial charge is 0.487 e. The zero-order valence-corrected chi connectivity index (χ0v) is 16.0. The Balaban J connectivity index is 1.31. The molecule has 0 saturated heterocycles. The lowest BCUT2D eigenvalue weighted by atomic mass is 9.96. The van der Waals surface area contributed by atoms with Crippen LogP contribution >= 0.6 is 11.8 Å². The molecule has 140 valence electrons. The lowest BCUT2D eigenvalue weighted by Crippen LogP contribution is -2.15. The second-order valence-electron chi connectivity index (χ2n) is 6.74. The van der Waals surface area contributed by atoms with Crippen LogP contribution in [0.2, 0.25) is 0 Å². The fourth-order valence-electron chi connectivity index (χ4n) is 3.31. The molecule has 1 aromatic carbocycles. The molecule has 0 spiro atoms. The highest BCUT2D eigenvalue weighted by Crippen LogP contribution is 2.31. The molecule has 1 aliphatic rings. The predicted molar refractivity (Wildman–Crippen MR) is 105 cm³/mol. The molecule has 0 amide bonds. The molecule has 27 heavy (non-hydrogen) atoms. The maximum Gasteiger partial charge on any atom is 0.209 e. The molecule has 0 bridgehead atoms. The number of rotatable bonds is 7. The summed E-state index contributed by atoms with van der Waals surface area (Å²) in [5, 5.41) is 13.3.